The van der Waals surface area contributed by atoms with E-state index < -0.39 is 11.8 Å². The molecule has 2 rings (SSSR count). The molecule has 0 fully saturated rings. The fourth-order valence-corrected chi connectivity index (χ4v) is 1.71. The van der Waals surface area contributed by atoms with Gasteiger partial charge < -0.3 is 5.73 Å². The van der Waals surface area contributed by atoms with Gasteiger partial charge in [-0.2, -0.15) is 5.10 Å². The number of carbonyl (C=O) groups excluding carboxylic acids is 2. The molecular weight excluding hydrogens is 278 g/mol. The van der Waals surface area contributed by atoms with E-state index in [9.17, 15) is 9.59 Å². The molecule has 2 aromatic rings. The van der Waals surface area contributed by atoms with Crippen LogP contribution < -0.4 is 11.2 Å². The minimum atomic E-state index is -1.08. The normalized spacial score (nSPS) is 11.4. The maximum Gasteiger partial charge on any atom is 0.329 e. The Morgan fingerprint density at radius 3 is 2.14 bits per heavy atom. The van der Waals surface area contributed by atoms with Crippen molar-refractivity contribution < 1.29 is 9.59 Å². The molecule has 0 unspecified atom stereocenters. The first-order valence-electron chi connectivity index (χ1n) is 6.63. The van der Waals surface area contributed by atoms with Gasteiger partial charge in [0.25, 0.3) is 0 Å². The number of primary amides is 1. The summed E-state index contributed by atoms with van der Waals surface area (Å²) in [6.07, 6.45) is 3.62. The molecule has 5 heteroatoms. The van der Waals surface area contributed by atoms with Crippen LogP contribution in [0.1, 0.15) is 11.1 Å². The molecule has 3 N–H and O–H groups in total. The first-order valence-corrected chi connectivity index (χ1v) is 6.63. The summed E-state index contributed by atoms with van der Waals surface area (Å²) in [5.41, 5.74) is 9.34. The summed E-state index contributed by atoms with van der Waals surface area (Å²) in [5, 5.41) is 3.96. The van der Waals surface area contributed by atoms with Crippen molar-refractivity contribution in [2.75, 3.05) is 0 Å². The number of nitrogens with two attached hydrogens (primary N) is 1. The van der Waals surface area contributed by atoms with E-state index in [4.69, 9.17) is 5.73 Å². The highest BCUT2D eigenvalue weighted by atomic mass is 16.2. The molecule has 0 atom stereocenters. The van der Waals surface area contributed by atoms with Crippen LogP contribution in [0.3, 0.4) is 0 Å². The van der Waals surface area contributed by atoms with Gasteiger partial charge in [0.2, 0.25) is 0 Å². The van der Waals surface area contributed by atoms with Gasteiger partial charge in [-0.3, -0.25) is 9.59 Å². The lowest BCUT2D eigenvalue weighted by Gasteiger charge is -2.02. The van der Waals surface area contributed by atoms with Gasteiger partial charge in [-0.15, -0.1) is 0 Å². The van der Waals surface area contributed by atoms with Crippen molar-refractivity contribution >= 4 is 23.6 Å². The predicted molar refractivity (Wildman–Crippen MR) is 85.8 cm³/mol. The first kappa shape index (κ1) is 15.2. The minimum absolute atomic E-state index is 0.513. The fourth-order valence-electron chi connectivity index (χ4n) is 1.71. The molecule has 0 aliphatic carbocycles. The van der Waals surface area contributed by atoms with Crippen LogP contribution in [0.5, 0.6) is 0 Å². The molecule has 0 aliphatic rings. The van der Waals surface area contributed by atoms with Crippen molar-refractivity contribution in [1.29, 1.82) is 0 Å². The standard InChI is InChI=1S/C17H15N3O2/c18-16(21)17(22)20-19-15(14-9-5-2-6-10-14)12-11-13-7-3-1-4-8-13/h1-12H,(H2,18,21)(H,20,22)/b12-11+,19-15+. The number of amides is 2. The number of nitrogens with zero attached hydrogens (tertiary/aromatic N) is 1. The Balaban J connectivity index is 2.26. The van der Waals surface area contributed by atoms with E-state index in [1.807, 2.05) is 66.7 Å². The third-order valence-corrected chi connectivity index (χ3v) is 2.80. The van der Waals surface area contributed by atoms with Crippen molar-refractivity contribution in [2.45, 2.75) is 0 Å². The molecule has 0 saturated carbocycles. The van der Waals surface area contributed by atoms with Crippen molar-refractivity contribution in [3.63, 3.8) is 0 Å². The Morgan fingerprint density at radius 2 is 1.55 bits per heavy atom. The van der Waals surface area contributed by atoms with Gasteiger partial charge >= 0.3 is 11.8 Å². The van der Waals surface area contributed by atoms with Crippen LogP contribution in [-0.4, -0.2) is 17.5 Å². The molecule has 2 aromatic carbocycles. The van der Waals surface area contributed by atoms with Crippen molar-refractivity contribution in [1.82, 2.24) is 5.43 Å². The minimum Gasteiger partial charge on any atom is -0.361 e. The van der Waals surface area contributed by atoms with E-state index in [0.717, 1.165) is 11.1 Å². The number of hydrogen-bond donors (Lipinski definition) is 2. The zero-order valence-corrected chi connectivity index (χ0v) is 11.8. The second kappa shape index (κ2) is 7.54. The molecule has 0 radical (unpaired) electrons. The quantitative estimate of drug-likeness (QED) is 0.511. The van der Waals surface area contributed by atoms with E-state index >= 15 is 0 Å². The van der Waals surface area contributed by atoms with Gasteiger partial charge in [0.1, 0.15) is 0 Å². The first-order chi connectivity index (χ1) is 10.7. The summed E-state index contributed by atoms with van der Waals surface area (Å²) in [5.74, 6) is -2.04. The number of hydrazone groups is 1. The molecule has 2 amide bonds. The van der Waals surface area contributed by atoms with Crippen molar-refractivity contribution in [3.8, 4) is 0 Å². The third-order valence-electron chi connectivity index (χ3n) is 2.80. The second-order valence-electron chi connectivity index (χ2n) is 4.41. The maximum atomic E-state index is 11.2. The molecule has 0 spiro atoms. The SMILES string of the molecule is NC(=O)C(=O)N/N=C(\C=C\c1ccccc1)c1ccccc1. The van der Waals surface area contributed by atoms with Gasteiger partial charge in [-0.05, 0) is 11.6 Å². The predicted octanol–water partition coefficient (Wildman–Crippen LogP) is 1.71. The highest BCUT2D eigenvalue weighted by Crippen LogP contribution is 2.06. The Morgan fingerprint density at radius 1 is 0.955 bits per heavy atom. The molecule has 0 bridgehead atoms. The van der Waals surface area contributed by atoms with Gasteiger partial charge in [0.05, 0.1) is 5.71 Å². The molecule has 0 saturated heterocycles. The lowest BCUT2D eigenvalue weighted by molar-refractivity contribution is -0.137. The Bertz CT molecular complexity index is 707. The smallest absolute Gasteiger partial charge is 0.329 e. The van der Waals surface area contributed by atoms with Crippen LogP contribution in [0.15, 0.2) is 71.8 Å². The second-order valence-corrected chi connectivity index (χ2v) is 4.41. The Hall–Kier alpha value is -3.21. The zero-order chi connectivity index (χ0) is 15.8. The van der Waals surface area contributed by atoms with Crippen molar-refractivity contribution in [3.05, 3.63) is 77.9 Å². The Kier molecular flexibility index (Phi) is 5.20. The Labute approximate surface area is 128 Å². The summed E-state index contributed by atoms with van der Waals surface area (Å²) in [6, 6.07) is 19.0. The lowest BCUT2D eigenvalue weighted by atomic mass is 10.1. The number of carbonyl (C=O) groups is 2. The van der Waals surface area contributed by atoms with Crippen LogP contribution in [0, 0.1) is 0 Å². The average molecular weight is 293 g/mol. The molecule has 110 valence electrons. The van der Waals surface area contributed by atoms with Crippen LogP contribution >= 0.6 is 0 Å². The zero-order valence-electron chi connectivity index (χ0n) is 11.8. The molecule has 0 heterocycles. The summed E-state index contributed by atoms with van der Waals surface area (Å²) in [6.45, 7) is 0. The summed E-state index contributed by atoms with van der Waals surface area (Å²) >= 11 is 0. The van der Waals surface area contributed by atoms with Crippen LogP contribution in [0.4, 0.5) is 0 Å². The van der Waals surface area contributed by atoms with Gasteiger partial charge in [-0.1, -0.05) is 66.7 Å². The number of rotatable bonds is 4. The van der Waals surface area contributed by atoms with E-state index in [-0.39, 0.29) is 0 Å². The topological polar surface area (TPSA) is 84.5 Å². The third kappa shape index (κ3) is 4.42. The number of allylic oxidation sites excluding steroid dienone is 1. The van der Waals surface area contributed by atoms with Crippen LogP contribution in [0.2, 0.25) is 0 Å². The summed E-state index contributed by atoms with van der Waals surface area (Å²) < 4.78 is 0. The van der Waals surface area contributed by atoms with E-state index in [0.29, 0.717) is 5.71 Å². The largest absolute Gasteiger partial charge is 0.361 e. The van der Waals surface area contributed by atoms with Gasteiger partial charge in [0, 0.05) is 5.56 Å². The maximum absolute atomic E-state index is 11.2. The van der Waals surface area contributed by atoms with E-state index in [2.05, 4.69) is 10.5 Å². The van der Waals surface area contributed by atoms with Crippen molar-refractivity contribution in [2.24, 2.45) is 10.8 Å². The number of nitrogens with one attached hydrogen (secondary N) is 1. The highest BCUT2D eigenvalue weighted by molar-refractivity contribution is 6.34. The van der Waals surface area contributed by atoms with Gasteiger partial charge in [-0.25, -0.2) is 5.43 Å². The fraction of sp³-hybridized carbons (Fsp3) is 0. The lowest BCUT2D eigenvalue weighted by Crippen LogP contribution is -2.33. The molecule has 5 nitrogen and oxygen atoms in total. The average Bonchev–Trinajstić information content (AvgIpc) is 2.56. The number of hydrogen-bond acceptors (Lipinski definition) is 3. The monoisotopic (exact) mass is 293 g/mol. The molecule has 0 aliphatic heterocycles. The van der Waals surface area contributed by atoms with Gasteiger partial charge in [0.15, 0.2) is 0 Å². The van der Waals surface area contributed by atoms with E-state index in [1.165, 1.54) is 0 Å². The summed E-state index contributed by atoms with van der Waals surface area (Å²) in [4.78, 5) is 22.0. The molecular formula is C17H15N3O2. The number of benzene rings is 2. The summed E-state index contributed by atoms with van der Waals surface area (Å²) in [7, 11) is 0. The van der Waals surface area contributed by atoms with Crippen LogP contribution in [0.25, 0.3) is 6.08 Å². The highest BCUT2D eigenvalue weighted by Gasteiger charge is 2.07. The molecule has 0 aromatic heterocycles. The van der Waals surface area contributed by atoms with Crippen LogP contribution in [-0.2, 0) is 9.59 Å². The van der Waals surface area contributed by atoms with E-state index in [1.54, 1.807) is 6.08 Å². The molecule has 22 heavy (non-hydrogen) atoms.